The van der Waals surface area contributed by atoms with E-state index in [0.717, 1.165) is 22.8 Å². The second kappa shape index (κ2) is 10.6. The van der Waals surface area contributed by atoms with Crippen molar-refractivity contribution in [1.29, 1.82) is 0 Å². The van der Waals surface area contributed by atoms with Gasteiger partial charge in [0.1, 0.15) is 0 Å². The summed E-state index contributed by atoms with van der Waals surface area (Å²) < 4.78 is 0. The summed E-state index contributed by atoms with van der Waals surface area (Å²) in [6, 6.07) is 26.1. The number of para-hydroxylation sites is 1. The van der Waals surface area contributed by atoms with Gasteiger partial charge in [-0.1, -0.05) is 100.0 Å². The Bertz CT molecular complexity index is 1440. The normalized spacial score (nSPS) is 12.7. The molecule has 36 heavy (non-hydrogen) atoms. The zero-order chi connectivity index (χ0) is 26.0. The lowest BCUT2D eigenvalue weighted by Crippen LogP contribution is -2.06. The molecule has 0 amide bonds. The highest BCUT2D eigenvalue weighted by atomic mass is 14.8. The molecule has 0 aromatic heterocycles. The Kier molecular flexibility index (Phi) is 7.54. The van der Waals surface area contributed by atoms with Crippen LogP contribution in [0.25, 0.3) is 21.9 Å². The van der Waals surface area contributed by atoms with Crippen LogP contribution in [0.2, 0.25) is 0 Å². The van der Waals surface area contributed by atoms with Crippen LogP contribution in [0.4, 0.5) is 11.4 Å². The molecule has 0 unspecified atom stereocenters. The molecule has 2 heteroatoms. The number of aliphatic imine (C=N–C) groups is 2. The quantitative estimate of drug-likeness (QED) is 0.248. The lowest BCUT2D eigenvalue weighted by Gasteiger charge is -2.17. The van der Waals surface area contributed by atoms with Crippen molar-refractivity contribution in [2.24, 2.45) is 9.98 Å². The van der Waals surface area contributed by atoms with Crippen LogP contribution in [0.3, 0.4) is 0 Å². The lowest BCUT2D eigenvalue weighted by atomic mass is 9.93. The first-order chi connectivity index (χ1) is 17.2. The zero-order valence-corrected chi connectivity index (χ0v) is 23.0. The highest BCUT2D eigenvalue weighted by molar-refractivity contribution is 6.41. The predicted octanol–water partition coefficient (Wildman–Crippen LogP) is 10.3. The summed E-state index contributed by atoms with van der Waals surface area (Å²) in [5.74, 6) is 0.814. The van der Waals surface area contributed by atoms with Crippen molar-refractivity contribution in [3.8, 4) is 11.1 Å². The molecule has 0 N–H and O–H groups in total. The van der Waals surface area contributed by atoms with E-state index in [0.29, 0.717) is 11.8 Å². The van der Waals surface area contributed by atoms with Crippen LogP contribution >= 0.6 is 0 Å². The molecule has 0 bridgehead atoms. The summed E-state index contributed by atoms with van der Waals surface area (Å²) >= 11 is 0. The highest BCUT2D eigenvalue weighted by Crippen LogP contribution is 2.39. The fraction of sp³-hybridized carbons (Fsp3) is 0.294. The van der Waals surface area contributed by atoms with Gasteiger partial charge in [-0.2, -0.15) is 0 Å². The first-order valence-corrected chi connectivity index (χ1v) is 13.0. The molecule has 4 aromatic rings. The third kappa shape index (κ3) is 5.18. The summed E-state index contributed by atoms with van der Waals surface area (Å²) in [5.41, 5.74) is 11.4. The monoisotopic (exact) mass is 474 g/mol. The van der Waals surface area contributed by atoms with Gasteiger partial charge in [-0.05, 0) is 78.6 Å². The maximum atomic E-state index is 5.21. The van der Waals surface area contributed by atoms with Gasteiger partial charge >= 0.3 is 0 Å². The van der Waals surface area contributed by atoms with Crippen LogP contribution in [0.1, 0.15) is 75.6 Å². The van der Waals surface area contributed by atoms with Crippen molar-refractivity contribution in [3.05, 3.63) is 95.1 Å². The Morgan fingerprint density at radius 2 is 1.17 bits per heavy atom. The van der Waals surface area contributed by atoms with Crippen LogP contribution < -0.4 is 0 Å². The van der Waals surface area contributed by atoms with E-state index < -0.39 is 0 Å². The van der Waals surface area contributed by atoms with Crippen LogP contribution in [0.5, 0.6) is 0 Å². The molecule has 184 valence electrons. The number of hydrogen-bond acceptors (Lipinski definition) is 2. The highest BCUT2D eigenvalue weighted by Gasteiger charge is 2.15. The van der Waals surface area contributed by atoms with E-state index in [1.54, 1.807) is 0 Å². The molecule has 0 radical (unpaired) electrons. The van der Waals surface area contributed by atoms with Crippen LogP contribution in [0, 0.1) is 13.8 Å². The predicted molar refractivity (Wildman–Crippen MR) is 159 cm³/mol. The van der Waals surface area contributed by atoms with Gasteiger partial charge in [-0.25, -0.2) is 0 Å². The fourth-order valence-corrected chi connectivity index (χ4v) is 4.91. The Morgan fingerprint density at radius 1 is 0.611 bits per heavy atom. The van der Waals surface area contributed by atoms with E-state index >= 15 is 0 Å². The van der Waals surface area contributed by atoms with Gasteiger partial charge in [-0.3, -0.25) is 9.98 Å². The third-order valence-electron chi connectivity index (χ3n) is 6.95. The zero-order valence-electron chi connectivity index (χ0n) is 23.0. The van der Waals surface area contributed by atoms with Gasteiger partial charge in [-0.15, -0.1) is 0 Å². The number of benzene rings is 4. The Hall–Kier alpha value is -3.52. The molecule has 0 aliphatic rings. The molecule has 0 aliphatic heterocycles. The van der Waals surface area contributed by atoms with Gasteiger partial charge in [0, 0.05) is 5.56 Å². The summed E-state index contributed by atoms with van der Waals surface area (Å²) in [7, 11) is 0. The summed E-state index contributed by atoms with van der Waals surface area (Å²) in [6.07, 6.45) is 0. The maximum absolute atomic E-state index is 5.21. The molecule has 0 aliphatic carbocycles. The Balaban J connectivity index is 1.88. The molecule has 0 atom stereocenters. The molecule has 4 rings (SSSR count). The minimum Gasteiger partial charge on any atom is -0.251 e. The van der Waals surface area contributed by atoms with E-state index in [1.165, 1.54) is 44.2 Å². The number of hydrogen-bond donors (Lipinski definition) is 0. The summed E-state index contributed by atoms with van der Waals surface area (Å²) in [5, 5.41) is 2.49. The van der Waals surface area contributed by atoms with Gasteiger partial charge in [0.15, 0.2) is 0 Å². The first-order valence-electron chi connectivity index (χ1n) is 13.0. The van der Waals surface area contributed by atoms with E-state index in [9.17, 15) is 0 Å². The average Bonchev–Trinajstić information content (AvgIpc) is 2.84. The van der Waals surface area contributed by atoms with E-state index in [1.807, 2.05) is 0 Å². The summed E-state index contributed by atoms with van der Waals surface area (Å²) in [6.45, 7) is 17.4. The SMILES string of the molecule is CC(=Nc1c(C)cc(C)cc1-c1cccc2ccccc12)C(C)=Nc1c(C(C)C)cccc1C(C)C. The molecule has 0 fully saturated rings. The molecular weight excluding hydrogens is 436 g/mol. The molecule has 4 aromatic carbocycles. The van der Waals surface area contributed by atoms with Crippen molar-refractivity contribution in [1.82, 2.24) is 0 Å². The average molecular weight is 475 g/mol. The lowest BCUT2D eigenvalue weighted by molar-refractivity contribution is 0.835. The minimum absolute atomic E-state index is 0.407. The van der Waals surface area contributed by atoms with E-state index in [2.05, 4.69) is 128 Å². The van der Waals surface area contributed by atoms with Crippen molar-refractivity contribution in [3.63, 3.8) is 0 Å². The maximum Gasteiger partial charge on any atom is 0.0741 e. The second-order valence-electron chi connectivity index (χ2n) is 10.5. The van der Waals surface area contributed by atoms with Crippen molar-refractivity contribution >= 4 is 33.6 Å². The molecule has 0 heterocycles. The largest absolute Gasteiger partial charge is 0.251 e. The molecule has 0 saturated carbocycles. The third-order valence-corrected chi connectivity index (χ3v) is 6.95. The van der Waals surface area contributed by atoms with Gasteiger partial charge < -0.3 is 0 Å². The second-order valence-corrected chi connectivity index (χ2v) is 10.5. The number of nitrogens with zero attached hydrogens (tertiary/aromatic N) is 2. The number of rotatable bonds is 6. The Morgan fingerprint density at radius 3 is 1.81 bits per heavy atom. The number of aryl methyl sites for hydroxylation is 2. The van der Waals surface area contributed by atoms with Crippen LogP contribution in [0.15, 0.2) is 82.8 Å². The van der Waals surface area contributed by atoms with E-state index in [4.69, 9.17) is 9.98 Å². The smallest absolute Gasteiger partial charge is 0.0741 e. The van der Waals surface area contributed by atoms with Gasteiger partial charge in [0.2, 0.25) is 0 Å². The molecule has 0 spiro atoms. The molecular formula is C34H38N2. The van der Waals surface area contributed by atoms with Gasteiger partial charge in [0.25, 0.3) is 0 Å². The van der Waals surface area contributed by atoms with Crippen molar-refractivity contribution in [2.45, 2.75) is 67.2 Å². The number of fused-ring (bicyclic) bond motifs is 1. The van der Waals surface area contributed by atoms with Crippen molar-refractivity contribution in [2.75, 3.05) is 0 Å². The van der Waals surface area contributed by atoms with Crippen molar-refractivity contribution < 1.29 is 0 Å². The van der Waals surface area contributed by atoms with Crippen LogP contribution in [-0.4, -0.2) is 11.4 Å². The standard InChI is InChI=1S/C34H38N2/c1-21(2)28-16-12-17-29(22(3)4)34(28)36-26(8)25(7)35-33-24(6)19-23(5)20-32(33)31-18-11-14-27-13-9-10-15-30(27)31/h9-22H,1-8H3. The Labute approximate surface area is 216 Å². The van der Waals surface area contributed by atoms with Crippen LogP contribution in [-0.2, 0) is 0 Å². The van der Waals surface area contributed by atoms with E-state index in [-0.39, 0.29) is 0 Å². The fourth-order valence-electron chi connectivity index (χ4n) is 4.91. The topological polar surface area (TPSA) is 24.7 Å². The minimum atomic E-state index is 0.407. The van der Waals surface area contributed by atoms with Gasteiger partial charge in [0.05, 0.1) is 22.8 Å². The summed E-state index contributed by atoms with van der Waals surface area (Å²) in [4.78, 5) is 10.4. The molecule has 0 saturated heterocycles. The molecule has 2 nitrogen and oxygen atoms in total. The first kappa shape index (κ1) is 25.6.